The van der Waals surface area contributed by atoms with Crippen molar-refractivity contribution in [1.29, 1.82) is 0 Å². The zero-order valence-corrected chi connectivity index (χ0v) is 19.6. The third-order valence-corrected chi connectivity index (χ3v) is 6.75. The lowest BCUT2D eigenvalue weighted by atomic mass is 9.81. The molecule has 1 saturated carbocycles. The maximum absolute atomic E-state index is 4.78. The van der Waals surface area contributed by atoms with Crippen LogP contribution in [0.1, 0.15) is 38.2 Å². The fourth-order valence-corrected chi connectivity index (χ4v) is 4.60. The summed E-state index contributed by atoms with van der Waals surface area (Å²) in [5.41, 5.74) is 6.93. The summed E-state index contributed by atoms with van der Waals surface area (Å²) in [7, 11) is 0. The molecule has 0 atom stereocenters. The Morgan fingerprint density at radius 1 is 0.941 bits per heavy atom. The molecule has 5 rings (SSSR count). The topological polar surface area (TPSA) is 65.6 Å². The third-order valence-electron chi connectivity index (χ3n) is 6.75. The van der Waals surface area contributed by atoms with Crippen LogP contribution in [0.3, 0.4) is 0 Å². The Morgan fingerprint density at radius 3 is 2.47 bits per heavy atom. The van der Waals surface area contributed by atoms with Crippen molar-refractivity contribution in [2.75, 3.05) is 10.6 Å². The summed E-state index contributed by atoms with van der Waals surface area (Å²) in [5.74, 6) is 3.04. The van der Waals surface area contributed by atoms with Gasteiger partial charge in [-0.25, -0.2) is 9.97 Å². The molecular weight excluding hydrogens is 418 g/mol. The van der Waals surface area contributed by atoms with Gasteiger partial charge in [-0.05, 0) is 78.8 Å². The van der Waals surface area contributed by atoms with Gasteiger partial charge in [-0.1, -0.05) is 45.1 Å². The predicted octanol–water partition coefficient (Wildman–Crippen LogP) is 7.46. The molecular formula is C29H31N5. The van der Waals surface area contributed by atoms with E-state index in [-0.39, 0.29) is 0 Å². The van der Waals surface area contributed by atoms with Crippen LogP contribution in [-0.2, 0) is 0 Å². The van der Waals surface area contributed by atoms with Gasteiger partial charge in [-0.2, -0.15) is 0 Å². The highest BCUT2D eigenvalue weighted by Gasteiger charge is 2.20. The number of pyridine rings is 1. The molecule has 4 aromatic rings. The minimum absolute atomic E-state index is 0.572. The molecule has 1 fully saturated rings. The van der Waals surface area contributed by atoms with Gasteiger partial charge in [0.25, 0.3) is 0 Å². The fraction of sp³-hybridized carbons (Fsp3) is 0.241. The molecule has 0 saturated heterocycles. The van der Waals surface area contributed by atoms with Gasteiger partial charge in [0.15, 0.2) is 0 Å². The molecule has 2 aromatic carbocycles. The van der Waals surface area contributed by atoms with Crippen LogP contribution in [0.5, 0.6) is 0 Å². The molecule has 5 heteroatoms. The Morgan fingerprint density at radius 2 is 1.74 bits per heavy atom. The SMILES string of the molecule is C=C(Nc1ccccn1)c1ccc2nc(-c3ccc(NC(=C)C4CCC(C)CC4)cc3)[nH]c2c1. The highest BCUT2D eigenvalue weighted by molar-refractivity contribution is 5.85. The van der Waals surface area contributed by atoms with Crippen LogP contribution in [0.25, 0.3) is 28.1 Å². The summed E-state index contributed by atoms with van der Waals surface area (Å²) in [6, 6.07) is 20.2. The number of aromatic amines is 1. The van der Waals surface area contributed by atoms with E-state index in [0.29, 0.717) is 5.92 Å². The van der Waals surface area contributed by atoms with E-state index in [1.54, 1.807) is 6.20 Å². The molecule has 2 heterocycles. The number of H-pyrrole nitrogens is 1. The normalized spacial score (nSPS) is 17.9. The van der Waals surface area contributed by atoms with E-state index in [4.69, 9.17) is 4.98 Å². The van der Waals surface area contributed by atoms with Gasteiger partial charge in [0, 0.05) is 28.8 Å². The first-order valence-electron chi connectivity index (χ1n) is 12.0. The van der Waals surface area contributed by atoms with Gasteiger partial charge in [0.05, 0.1) is 11.0 Å². The maximum atomic E-state index is 4.78. The number of anilines is 2. The number of fused-ring (bicyclic) bond motifs is 1. The maximum Gasteiger partial charge on any atom is 0.138 e. The first kappa shape index (κ1) is 22.0. The van der Waals surface area contributed by atoms with Crippen molar-refractivity contribution in [1.82, 2.24) is 15.0 Å². The first-order chi connectivity index (χ1) is 16.5. The van der Waals surface area contributed by atoms with Crippen LogP contribution in [0, 0.1) is 11.8 Å². The largest absolute Gasteiger partial charge is 0.359 e. The molecule has 2 aromatic heterocycles. The van der Waals surface area contributed by atoms with E-state index >= 15 is 0 Å². The molecule has 3 N–H and O–H groups in total. The number of hydrogen-bond donors (Lipinski definition) is 3. The van der Waals surface area contributed by atoms with Crippen molar-refractivity contribution in [3.63, 3.8) is 0 Å². The van der Waals surface area contributed by atoms with Crippen LogP contribution < -0.4 is 10.6 Å². The quantitative estimate of drug-likeness (QED) is 0.274. The van der Waals surface area contributed by atoms with Gasteiger partial charge in [-0.15, -0.1) is 0 Å². The summed E-state index contributed by atoms with van der Waals surface area (Å²) < 4.78 is 0. The number of allylic oxidation sites excluding steroid dienone is 1. The Hall–Kier alpha value is -3.86. The standard InChI is InChI=1S/C29H31N5/c1-19-7-9-22(10-8-19)20(2)31-25-14-11-23(12-15-25)29-33-26-16-13-24(18-27(26)34-29)21(3)32-28-6-4-5-17-30-28/h4-6,11-19,22,31H,2-3,7-10H2,1H3,(H,30,32)(H,33,34). The summed E-state index contributed by atoms with van der Waals surface area (Å²) in [6.07, 6.45) is 6.81. The van der Waals surface area contributed by atoms with E-state index in [1.165, 1.54) is 25.7 Å². The smallest absolute Gasteiger partial charge is 0.138 e. The number of benzene rings is 2. The molecule has 0 unspecified atom stereocenters. The Bertz CT molecular complexity index is 1300. The number of rotatable bonds is 7. The molecule has 0 aliphatic heterocycles. The number of aromatic nitrogens is 3. The molecule has 0 amide bonds. The molecule has 1 aliphatic carbocycles. The molecule has 0 radical (unpaired) electrons. The van der Waals surface area contributed by atoms with Crippen molar-refractivity contribution in [3.8, 4) is 11.4 Å². The lowest BCUT2D eigenvalue weighted by Gasteiger charge is -2.28. The second kappa shape index (κ2) is 9.56. The molecule has 34 heavy (non-hydrogen) atoms. The van der Waals surface area contributed by atoms with Crippen molar-refractivity contribution >= 4 is 28.2 Å². The Kier molecular flexibility index (Phi) is 6.17. The van der Waals surface area contributed by atoms with Crippen LogP contribution >= 0.6 is 0 Å². The minimum Gasteiger partial charge on any atom is -0.359 e. The number of nitrogens with zero attached hydrogens (tertiary/aromatic N) is 2. The van der Waals surface area contributed by atoms with Gasteiger partial charge in [0.2, 0.25) is 0 Å². The summed E-state index contributed by atoms with van der Waals surface area (Å²) in [6.45, 7) is 10.8. The lowest BCUT2D eigenvalue weighted by molar-refractivity contribution is 0.322. The molecule has 5 nitrogen and oxygen atoms in total. The average molecular weight is 450 g/mol. The van der Waals surface area contributed by atoms with E-state index in [1.807, 2.05) is 30.3 Å². The minimum atomic E-state index is 0.572. The summed E-state index contributed by atoms with van der Waals surface area (Å²) >= 11 is 0. The highest BCUT2D eigenvalue weighted by atomic mass is 15.0. The van der Waals surface area contributed by atoms with E-state index in [0.717, 1.165) is 56.8 Å². The highest BCUT2D eigenvalue weighted by Crippen LogP contribution is 2.33. The van der Waals surface area contributed by atoms with E-state index < -0.39 is 0 Å². The number of hydrogen-bond acceptors (Lipinski definition) is 4. The predicted molar refractivity (Wildman–Crippen MR) is 142 cm³/mol. The molecule has 0 bridgehead atoms. The van der Waals surface area contributed by atoms with Gasteiger partial charge >= 0.3 is 0 Å². The Balaban J connectivity index is 1.27. The summed E-state index contributed by atoms with van der Waals surface area (Å²) in [5, 5.41) is 6.78. The van der Waals surface area contributed by atoms with Crippen molar-refractivity contribution in [2.45, 2.75) is 32.6 Å². The van der Waals surface area contributed by atoms with E-state index in [2.05, 4.69) is 71.0 Å². The van der Waals surface area contributed by atoms with Crippen LogP contribution in [-0.4, -0.2) is 15.0 Å². The number of nitrogens with one attached hydrogen (secondary N) is 3. The van der Waals surface area contributed by atoms with Gasteiger partial charge < -0.3 is 15.6 Å². The Labute approximate surface area is 201 Å². The van der Waals surface area contributed by atoms with E-state index in [9.17, 15) is 0 Å². The van der Waals surface area contributed by atoms with Gasteiger partial charge in [-0.3, -0.25) is 0 Å². The van der Waals surface area contributed by atoms with Gasteiger partial charge in [0.1, 0.15) is 11.6 Å². The van der Waals surface area contributed by atoms with Crippen molar-refractivity contribution in [3.05, 3.63) is 91.3 Å². The van der Waals surface area contributed by atoms with Crippen molar-refractivity contribution < 1.29 is 0 Å². The summed E-state index contributed by atoms with van der Waals surface area (Å²) in [4.78, 5) is 12.5. The van der Waals surface area contributed by atoms with Crippen LogP contribution in [0.15, 0.2) is 85.7 Å². The van der Waals surface area contributed by atoms with Crippen LogP contribution in [0.4, 0.5) is 11.5 Å². The zero-order valence-electron chi connectivity index (χ0n) is 19.6. The molecule has 172 valence electrons. The molecule has 1 aliphatic rings. The first-order valence-corrected chi connectivity index (χ1v) is 12.0. The van der Waals surface area contributed by atoms with Crippen LogP contribution in [0.2, 0.25) is 0 Å². The van der Waals surface area contributed by atoms with Crippen molar-refractivity contribution in [2.24, 2.45) is 11.8 Å². The average Bonchev–Trinajstić information content (AvgIpc) is 3.29. The second-order valence-corrected chi connectivity index (χ2v) is 9.32. The zero-order chi connectivity index (χ0) is 23.5. The lowest BCUT2D eigenvalue weighted by Crippen LogP contribution is -2.17. The number of imidazole rings is 1. The second-order valence-electron chi connectivity index (χ2n) is 9.32. The fourth-order valence-electron chi connectivity index (χ4n) is 4.60. The molecule has 0 spiro atoms. The monoisotopic (exact) mass is 449 g/mol. The third kappa shape index (κ3) is 4.88.